The molecule has 96 valence electrons. The second-order valence-electron chi connectivity index (χ2n) is 3.94. The summed E-state index contributed by atoms with van der Waals surface area (Å²) in [6.07, 6.45) is 3.64. The summed E-state index contributed by atoms with van der Waals surface area (Å²) in [5, 5.41) is 0.995. The first-order valence-corrected chi connectivity index (χ1v) is 7.48. The third kappa shape index (κ3) is 3.28. The minimum Gasteiger partial charge on any atom is -0.330 e. The van der Waals surface area contributed by atoms with Gasteiger partial charge in [-0.25, -0.2) is 9.97 Å². The van der Waals surface area contributed by atoms with E-state index in [4.69, 9.17) is 5.73 Å². The fraction of sp³-hybridized carbons (Fsp3) is 0.417. The van der Waals surface area contributed by atoms with Crippen LogP contribution in [0.5, 0.6) is 0 Å². The lowest BCUT2D eigenvalue weighted by molar-refractivity contribution is 0.934. The lowest BCUT2D eigenvalue weighted by Gasteiger charge is -2.04. The van der Waals surface area contributed by atoms with Gasteiger partial charge in [-0.3, -0.25) is 0 Å². The van der Waals surface area contributed by atoms with Crippen molar-refractivity contribution in [3.8, 4) is 0 Å². The Morgan fingerprint density at radius 3 is 2.89 bits per heavy atom. The first-order valence-electron chi connectivity index (χ1n) is 5.89. The van der Waals surface area contributed by atoms with Gasteiger partial charge in [0.15, 0.2) is 4.34 Å². The number of nitrogens with zero attached hydrogens (tertiary/aromatic N) is 3. The number of pyridine rings is 1. The van der Waals surface area contributed by atoms with Crippen LogP contribution in [0.4, 0.5) is 0 Å². The Kier molecular flexibility index (Phi) is 4.68. The zero-order valence-corrected chi connectivity index (χ0v) is 12.1. The van der Waals surface area contributed by atoms with Crippen LogP contribution in [0.1, 0.15) is 23.9 Å². The zero-order chi connectivity index (χ0) is 13.0. The molecule has 2 aromatic heterocycles. The summed E-state index contributed by atoms with van der Waals surface area (Å²) in [7, 11) is 0. The van der Waals surface area contributed by atoms with Gasteiger partial charge in [0.05, 0.1) is 0 Å². The molecular weight excluding hydrogens is 264 g/mol. The van der Waals surface area contributed by atoms with E-state index in [2.05, 4.69) is 34.3 Å². The van der Waals surface area contributed by atoms with E-state index in [1.165, 1.54) is 22.7 Å². The monoisotopic (exact) mass is 280 g/mol. The van der Waals surface area contributed by atoms with Gasteiger partial charge in [0.1, 0.15) is 10.9 Å². The highest BCUT2D eigenvalue weighted by atomic mass is 32.2. The van der Waals surface area contributed by atoms with E-state index in [-0.39, 0.29) is 0 Å². The third-order valence-corrected chi connectivity index (χ3v) is 4.38. The van der Waals surface area contributed by atoms with Crippen molar-refractivity contribution < 1.29 is 0 Å². The molecule has 0 aromatic carbocycles. The van der Waals surface area contributed by atoms with Crippen LogP contribution >= 0.6 is 23.3 Å². The molecule has 0 fully saturated rings. The van der Waals surface area contributed by atoms with E-state index >= 15 is 0 Å². The summed E-state index contributed by atoms with van der Waals surface area (Å²) in [5.41, 5.74) is 7.89. The molecule has 0 bridgehead atoms. The molecule has 2 heterocycles. The van der Waals surface area contributed by atoms with Crippen molar-refractivity contribution in [2.24, 2.45) is 5.73 Å². The summed E-state index contributed by atoms with van der Waals surface area (Å²) in [6, 6.07) is 2.14. The van der Waals surface area contributed by atoms with Crippen molar-refractivity contribution in [2.75, 3.05) is 6.54 Å². The molecule has 0 amide bonds. The lowest BCUT2D eigenvalue weighted by atomic mass is 10.2. The van der Waals surface area contributed by atoms with E-state index in [1.54, 1.807) is 11.8 Å². The fourth-order valence-electron chi connectivity index (χ4n) is 1.54. The van der Waals surface area contributed by atoms with Gasteiger partial charge in [0.2, 0.25) is 0 Å². The number of hydrogen-bond acceptors (Lipinski definition) is 6. The molecule has 6 heteroatoms. The van der Waals surface area contributed by atoms with Gasteiger partial charge in [-0.1, -0.05) is 13.0 Å². The van der Waals surface area contributed by atoms with Gasteiger partial charge in [-0.2, -0.15) is 4.37 Å². The second kappa shape index (κ2) is 6.26. The molecule has 2 rings (SSSR count). The average molecular weight is 280 g/mol. The Hall–Kier alpha value is -0.980. The van der Waals surface area contributed by atoms with E-state index < -0.39 is 0 Å². The Balaban J connectivity index is 2.13. The van der Waals surface area contributed by atoms with Crippen molar-refractivity contribution in [2.45, 2.75) is 36.1 Å². The highest BCUT2D eigenvalue weighted by Crippen LogP contribution is 2.30. The van der Waals surface area contributed by atoms with Crippen LogP contribution in [0.25, 0.3) is 0 Å². The Morgan fingerprint density at radius 2 is 2.28 bits per heavy atom. The van der Waals surface area contributed by atoms with E-state index in [9.17, 15) is 0 Å². The predicted molar refractivity (Wildman–Crippen MR) is 75.1 cm³/mol. The van der Waals surface area contributed by atoms with Gasteiger partial charge in [-0.15, -0.1) is 0 Å². The van der Waals surface area contributed by atoms with Crippen LogP contribution in [-0.4, -0.2) is 20.9 Å². The van der Waals surface area contributed by atoms with Crippen LogP contribution in [0.3, 0.4) is 0 Å². The second-order valence-corrected chi connectivity index (χ2v) is 5.92. The zero-order valence-electron chi connectivity index (χ0n) is 10.5. The minimum atomic E-state index is 0.657. The van der Waals surface area contributed by atoms with Gasteiger partial charge >= 0.3 is 0 Å². The smallest absolute Gasteiger partial charge is 0.176 e. The first-order chi connectivity index (χ1) is 8.72. The van der Waals surface area contributed by atoms with Gasteiger partial charge in [0.25, 0.3) is 0 Å². The van der Waals surface area contributed by atoms with Crippen LogP contribution < -0.4 is 5.73 Å². The fourth-order valence-corrected chi connectivity index (χ4v) is 3.18. The molecule has 18 heavy (non-hydrogen) atoms. The van der Waals surface area contributed by atoms with Gasteiger partial charge < -0.3 is 5.73 Å². The van der Waals surface area contributed by atoms with Crippen molar-refractivity contribution in [3.63, 3.8) is 0 Å². The standard InChI is InChI=1S/C12H16N4S2/c1-3-10-15-12(18-16-10)17-11-8(2)6-9(4-5-13)7-14-11/h6-7H,3-5,13H2,1-2H3. The Labute approximate surface area is 115 Å². The Bertz CT molecular complexity index is 525. The molecule has 0 aliphatic carbocycles. The average Bonchev–Trinajstić information content (AvgIpc) is 2.81. The van der Waals surface area contributed by atoms with Crippen LogP contribution in [0.15, 0.2) is 21.6 Å². The number of aryl methyl sites for hydroxylation is 2. The number of nitrogens with two attached hydrogens (primary N) is 1. The SMILES string of the molecule is CCc1nsc(Sc2ncc(CCN)cc2C)n1. The molecule has 0 unspecified atom stereocenters. The van der Waals surface area contributed by atoms with E-state index in [1.807, 2.05) is 6.20 Å². The highest BCUT2D eigenvalue weighted by Gasteiger charge is 2.08. The van der Waals surface area contributed by atoms with Crippen molar-refractivity contribution in [1.82, 2.24) is 14.3 Å². The Morgan fingerprint density at radius 1 is 1.44 bits per heavy atom. The number of rotatable bonds is 5. The molecule has 0 radical (unpaired) electrons. The molecule has 0 atom stereocenters. The normalized spacial score (nSPS) is 10.8. The third-order valence-electron chi connectivity index (χ3n) is 2.47. The molecule has 0 spiro atoms. The van der Waals surface area contributed by atoms with Crippen LogP contribution in [-0.2, 0) is 12.8 Å². The van der Waals surface area contributed by atoms with Crippen LogP contribution in [0.2, 0.25) is 0 Å². The quantitative estimate of drug-likeness (QED) is 0.911. The molecule has 4 nitrogen and oxygen atoms in total. The topological polar surface area (TPSA) is 64.7 Å². The van der Waals surface area contributed by atoms with Crippen molar-refractivity contribution in [3.05, 3.63) is 29.2 Å². The summed E-state index contributed by atoms with van der Waals surface area (Å²) >= 11 is 3.01. The molecule has 2 N–H and O–H groups in total. The molecule has 0 aliphatic rings. The molecule has 2 aromatic rings. The summed E-state index contributed by atoms with van der Waals surface area (Å²) in [4.78, 5) is 8.91. The van der Waals surface area contributed by atoms with Gasteiger partial charge in [-0.05, 0) is 54.3 Å². The maximum Gasteiger partial charge on any atom is 0.176 e. The largest absolute Gasteiger partial charge is 0.330 e. The van der Waals surface area contributed by atoms with Crippen LogP contribution in [0, 0.1) is 6.92 Å². The molecule has 0 saturated heterocycles. The minimum absolute atomic E-state index is 0.657. The molecule has 0 saturated carbocycles. The van der Waals surface area contributed by atoms with Gasteiger partial charge in [0, 0.05) is 12.6 Å². The van der Waals surface area contributed by atoms with E-state index in [0.717, 1.165) is 28.0 Å². The lowest BCUT2D eigenvalue weighted by Crippen LogP contribution is -2.03. The molecular formula is C12H16N4S2. The molecule has 0 aliphatic heterocycles. The van der Waals surface area contributed by atoms with Crippen molar-refractivity contribution >= 4 is 23.3 Å². The predicted octanol–water partition coefficient (Wildman–Crippen LogP) is 2.46. The maximum atomic E-state index is 5.54. The number of hydrogen-bond donors (Lipinski definition) is 1. The number of aromatic nitrogens is 3. The first kappa shape index (κ1) is 13.5. The van der Waals surface area contributed by atoms with E-state index in [0.29, 0.717) is 6.54 Å². The highest BCUT2D eigenvalue weighted by molar-refractivity contribution is 8.00. The summed E-state index contributed by atoms with van der Waals surface area (Å²) in [6.45, 7) is 4.78. The summed E-state index contributed by atoms with van der Waals surface area (Å²) in [5.74, 6) is 0.903. The van der Waals surface area contributed by atoms with Crippen molar-refractivity contribution in [1.29, 1.82) is 0 Å². The maximum absolute atomic E-state index is 5.54. The summed E-state index contributed by atoms with van der Waals surface area (Å²) < 4.78 is 5.23.